The molecule has 5 nitrogen and oxygen atoms in total. The fourth-order valence-electron chi connectivity index (χ4n) is 0.945. The summed E-state index contributed by atoms with van der Waals surface area (Å²) in [6, 6.07) is 0. The van der Waals surface area contributed by atoms with E-state index in [1.807, 2.05) is 13.8 Å². The van der Waals surface area contributed by atoms with E-state index >= 15 is 0 Å². The van der Waals surface area contributed by atoms with Crippen LogP contribution in [0, 0.1) is 11.8 Å². The van der Waals surface area contributed by atoms with Crippen LogP contribution in [-0.4, -0.2) is 9.66 Å². The van der Waals surface area contributed by atoms with Gasteiger partial charge in [-0.1, -0.05) is 38.1 Å². The highest BCUT2D eigenvalue weighted by atomic mass is 35.5. The molecule has 6 heteroatoms. The predicted octanol–water partition coefficient (Wildman–Crippen LogP) is 2.87. The molecule has 0 saturated heterocycles. The highest BCUT2D eigenvalue weighted by molar-refractivity contribution is 6.33. The van der Waals surface area contributed by atoms with Gasteiger partial charge in [-0.3, -0.25) is 4.79 Å². The predicted molar refractivity (Wildman–Crippen MR) is 69.8 cm³/mol. The zero-order valence-corrected chi connectivity index (χ0v) is 10.7. The van der Waals surface area contributed by atoms with Crippen molar-refractivity contribution in [2.45, 2.75) is 20.8 Å². The van der Waals surface area contributed by atoms with Gasteiger partial charge in [0, 0.05) is 11.2 Å². The van der Waals surface area contributed by atoms with Gasteiger partial charge >= 0.3 is 0 Å². The number of hydrogen-bond donors (Lipinski definition) is 0. The molecule has 0 N–H and O–H groups in total. The van der Waals surface area contributed by atoms with E-state index in [0.29, 0.717) is 4.68 Å². The van der Waals surface area contributed by atoms with Crippen LogP contribution < -0.4 is 5.56 Å². The summed E-state index contributed by atoms with van der Waals surface area (Å²) in [5, 5.41) is 2.84. The van der Waals surface area contributed by atoms with E-state index in [2.05, 4.69) is 16.8 Å². The van der Waals surface area contributed by atoms with Crippen LogP contribution in [0.15, 0.2) is 34.0 Å². The molecule has 0 aliphatic heterocycles. The molecule has 0 fully saturated rings. The standard InChI is InChI=1S/C9H8ClN3O2.C2H6/c1-3-8(10)4-7-5-11-6(2)13(12-15)9(7)14;1-2/h3-5H,1H2,2H3;1-2H3/b8-4+;. The molecule has 92 valence electrons. The molecular formula is C11H14ClN3O2. The molecular weight excluding hydrogens is 242 g/mol. The second kappa shape index (κ2) is 7.51. The third-order valence-electron chi connectivity index (χ3n) is 1.71. The first-order chi connectivity index (χ1) is 8.10. The normalized spacial score (nSPS) is 10.2. The topological polar surface area (TPSA) is 64.3 Å². The second-order valence-corrected chi connectivity index (χ2v) is 3.13. The minimum absolute atomic E-state index is 0.185. The Morgan fingerprint density at radius 3 is 2.65 bits per heavy atom. The maximum Gasteiger partial charge on any atom is 0.284 e. The number of rotatable bonds is 3. The van der Waals surface area contributed by atoms with Crippen LogP contribution in [-0.2, 0) is 0 Å². The molecule has 0 saturated carbocycles. The number of nitrogens with zero attached hydrogens (tertiary/aromatic N) is 3. The lowest BCUT2D eigenvalue weighted by Crippen LogP contribution is -2.21. The summed E-state index contributed by atoms with van der Waals surface area (Å²) in [5.41, 5.74) is -0.373. The van der Waals surface area contributed by atoms with Gasteiger partial charge < -0.3 is 0 Å². The van der Waals surface area contributed by atoms with Crippen LogP contribution in [0.4, 0.5) is 0 Å². The highest BCUT2D eigenvalue weighted by Crippen LogP contribution is 2.07. The molecule has 1 heterocycles. The van der Waals surface area contributed by atoms with Gasteiger partial charge in [0.25, 0.3) is 5.56 Å². The zero-order valence-electron chi connectivity index (χ0n) is 9.98. The molecule has 0 amide bonds. The number of nitroso groups, excluding NO2 is 1. The minimum Gasteiger partial charge on any atom is -0.266 e. The maximum atomic E-state index is 11.6. The van der Waals surface area contributed by atoms with Gasteiger partial charge in [0.2, 0.25) is 0 Å². The summed E-state index contributed by atoms with van der Waals surface area (Å²) in [4.78, 5) is 25.7. The summed E-state index contributed by atoms with van der Waals surface area (Å²) >= 11 is 5.67. The number of halogens is 1. The first kappa shape index (κ1) is 15.2. The Kier molecular flexibility index (Phi) is 6.74. The summed E-state index contributed by atoms with van der Waals surface area (Å²) in [5.74, 6) is 0.224. The highest BCUT2D eigenvalue weighted by Gasteiger charge is 2.05. The van der Waals surface area contributed by atoms with Gasteiger partial charge in [0.15, 0.2) is 0 Å². The van der Waals surface area contributed by atoms with Crippen LogP contribution in [0.25, 0.3) is 6.08 Å². The lowest BCUT2D eigenvalue weighted by molar-refractivity contribution is 0.741. The van der Waals surface area contributed by atoms with E-state index in [9.17, 15) is 9.70 Å². The lowest BCUT2D eigenvalue weighted by atomic mass is 10.3. The Hall–Kier alpha value is -1.75. The van der Waals surface area contributed by atoms with Gasteiger partial charge in [-0.05, 0) is 13.0 Å². The molecule has 0 radical (unpaired) electrons. The van der Waals surface area contributed by atoms with Gasteiger partial charge in [-0.25, -0.2) is 4.98 Å². The van der Waals surface area contributed by atoms with Crippen molar-refractivity contribution in [2.75, 3.05) is 0 Å². The molecule has 1 aromatic rings. The number of aryl methyl sites for hydroxylation is 1. The Bertz CT molecular complexity index is 492. The first-order valence-corrected chi connectivity index (χ1v) is 5.40. The van der Waals surface area contributed by atoms with Crippen molar-refractivity contribution in [1.29, 1.82) is 0 Å². The van der Waals surface area contributed by atoms with E-state index < -0.39 is 5.56 Å². The molecule has 0 unspecified atom stereocenters. The van der Waals surface area contributed by atoms with E-state index in [1.54, 1.807) is 0 Å². The molecule has 1 aromatic heterocycles. The third kappa shape index (κ3) is 3.96. The summed E-state index contributed by atoms with van der Waals surface area (Å²) in [7, 11) is 0. The van der Waals surface area contributed by atoms with Crippen molar-refractivity contribution in [1.82, 2.24) is 9.66 Å². The lowest BCUT2D eigenvalue weighted by Gasteiger charge is -1.99. The fourth-order valence-corrected chi connectivity index (χ4v) is 1.06. The van der Waals surface area contributed by atoms with Crippen LogP contribution in [0.5, 0.6) is 0 Å². The Morgan fingerprint density at radius 1 is 1.59 bits per heavy atom. The Morgan fingerprint density at radius 2 is 2.18 bits per heavy atom. The minimum atomic E-state index is -0.558. The van der Waals surface area contributed by atoms with Crippen molar-refractivity contribution in [2.24, 2.45) is 5.29 Å². The SMILES string of the molecule is C=C/C(Cl)=C\c1cnc(C)n(N=O)c1=O.CC. The average molecular weight is 256 g/mol. The first-order valence-electron chi connectivity index (χ1n) is 5.02. The molecule has 0 aromatic carbocycles. The third-order valence-corrected chi connectivity index (χ3v) is 1.97. The van der Waals surface area contributed by atoms with Crippen LogP contribution >= 0.6 is 11.6 Å². The maximum absolute atomic E-state index is 11.6. The van der Waals surface area contributed by atoms with Crippen LogP contribution in [0.2, 0.25) is 0 Å². The molecule has 0 bridgehead atoms. The van der Waals surface area contributed by atoms with Crippen LogP contribution in [0.1, 0.15) is 25.2 Å². The molecule has 0 aliphatic rings. The quantitative estimate of drug-likeness (QED) is 0.616. The molecule has 0 aliphatic carbocycles. The monoisotopic (exact) mass is 255 g/mol. The van der Waals surface area contributed by atoms with Gasteiger partial charge in [0.05, 0.1) is 10.8 Å². The van der Waals surface area contributed by atoms with E-state index in [1.165, 1.54) is 25.3 Å². The van der Waals surface area contributed by atoms with Gasteiger partial charge in [0.1, 0.15) is 5.82 Å². The van der Waals surface area contributed by atoms with Crippen LogP contribution in [0.3, 0.4) is 0 Å². The van der Waals surface area contributed by atoms with E-state index in [4.69, 9.17) is 11.6 Å². The molecule has 0 spiro atoms. The second-order valence-electron chi connectivity index (χ2n) is 2.69. The number of allylic oxidation sites excluding steroid dienone is 2. The van der Waals surface area contributed by atoms with E-state index in [-0.39, 0.29) is 16.4 Å². The van der Waals surface area contributed by atoms with Crippen molar-refractivity contribution >= 4 is 17.7 Å². The fraction of sp³-hybridized carbons (Fsp3) is 0.273. The summed E-state index contributed by atoms with van der Waals surface area (Å²) in [6.07, 6.45) is 4.07. The smallest absolute Gasteiger partial charge is 0.266 e. The van der Waals surface area contributed by atoms with Crippen molar-refractivity contribution in [3.05, 3.63) is 50.5 Å². The Balaban J connectivity index is 0.00000121. The Labute approximate surface area is 104 Å². The van der Waals surface area contributed by atoms with Crippen molar-refractivity contribution < 1.29 is 0 Å². The molecule has 0 atom stereocenters. The largest absolute Gasteiger partial charge is 0.284 e. The summed E-state index contributed by atoms with van der Waals surface area (Å²) < 4.78 is 0.666. The van der Waals surface area contributed by atoms with Gasteiger partial charge in [-0.15, -0.1) is 9.58 Å². The summed E-state index contributed by atoms with van der Waals surface area (Å²) in [6.45, 7) is 8.94. The number of aromatic nitrogens is 2. The average Bonchev–Trinajstić information content (AvgIpc) is 2.36. The van der Waals surface area contributed by atoms with Crippen molar-refractivity contribution in [3.63, 3.8) is 0 Å². The zero-order chi connectivity index (χ0) is 13.4. The van der Waals surface area contributed by atoms with Crippen molar-refractivity contribution in [3.8, 4) is 0 Å². The molecule has 1 rings (SSSR count). The van der Waals surface area contributed by atoms with E-state index in [0.717, 1.165) is 0 Å². The van der Waals surface area contributed by atoms with Gasteiger partial charge in [-0.2, -0.15) is 0 Å². The number of hydrogen-bond acceptors (Lipinski definition) is 4. The molecule has 17 heavy (non-hydrogen) atoms.